The molecule has 0 radical (unpaired) electrons. The maximum atomic E-state index is 11.7. The molecule has 1 saturated carbocycles. The molecule has 6 heterocycles. The molecule has 11 nitrogen and oxygen atoms in total. The first-order valence-corrected chi connectivity index (χ1v) is 15.4. The Morgan fingerprint density at radius 2 is 1.98 bits per heavy atom. The van der Waals surface area contributed by atoms with Gasteiger partial charge in [-0.3, -0.25) is 9.78 Å². The molecule has 1 amide bonds. The van der Waals surface area contributed by atoms with Gasteiger partial charge in [-0.15, -0.1) is 10.2 Å². The summed E-state index contributed by atoms with van der Waals surface area (Å²) in [7, 11) is 0. The standard InChI is InChI=1S/C30H33N9O2S/c1-17-9-22(7-8-41-17)35-25-11-26(27-6-5-23-10-19(12-31)13-33-39(23)27)32-14-24(25)29-36-37-30(42-29)38-15-20-3-4-21(16-38)28(20)34-18(2)40/h5-6,10-11,13-14,17,20-22,28H,3-4,7-9,15-16H2,1-2H3,(H,32,35)(H,34,40). The van der Waals surface area contributed by atoms with Crippen LogP contribution < -0.4 is 15.5 Å². The average Bonchev–Trinajstić information content (AvgIpc) is 3.68. The van der Waals surface area contributed by atoms with E-state index in [4.69, 9.17) is 9.72 Å². The summed E-state index contributed by atoms with van der Waals surface area (Å²) in [5.74, 6) is 0.918. The molecule has 3 aliphatic rings. The fourth-order valence-corrected chi connectivity index (χ4v) is 7.68. The molecule has 0 aromatic carbocycles. The minimum absolute atomic E-state index is 0.0503. The van der Waals surface area contributed by atoms with Gasteiger partial charge in [0, 0.05) is 50.6 Å². The number of ether oxygens (including phenoxy) is 1. The number of pyridine rings is 1. The van der Waals surface area contributed by atoms with Gasteiger partial charge in [0.25, 0.3) is 0 Å². The van der Waals surface area contributed by atoms with Gasteiger partial charge >= 0.3 is 0 Å². The SMILES string of the molecule is CC(=O)NC1C2CCC1CN(c1nnc(-c3cnc(-c4ccc5cc(C#N)cnn45)cc3NC3CCOC(C)C3)s1)C2. The van der Waals surface area contributed by atoms with Crippen LogP contribution >= 0.6 is 11.3 Å². The molecule has 4 unspecified atom stereocenters. The molecule has 2 saturated heterocycles. The molecule has 12 heteroatoms. The number of piperidine rings is 1. The van der Waals surface area contributed by atoms with E-state index in [1.807, 2.05) is 28.9 Å². The van der Waals surface area contributed by atoms with E-state index < -0.39 is 0 Å². The zero-order valence-electron chi connectivity index (χ0n) is 23.7. The lowest BCUT2D eigenvalue weighted by Crippen LogP contribution is -2.52. The highest BCUT2D eigenvalue weighted by molar-refractivity contribution is 7.18. The predicted octanol–water partition coefficient (Wildman–Crippen LogP) is 4.12. The first kappa shape index (κ1) is 26.8. The van der Waals surface area contributed by atoms with Crippen molar-refractivity contribution in [2.45, 2.75) is 57.7 Å². The first-order valence-electron chi connectivity index (χ1n) is 14.6. The van der Waals surface area contributed by atoms with E-state index in [9.17, 15) is 10.1 Å². The van der Waals surface area contributed by atoms with Crippen molar-refractivity contribution in [3.05, 3.63) is 42.2 Å². The van der Waals surface area contributed by atoms with E-state index in [0.717, 1.165) is 83.7 Å². The molecule has 0 spiro atoms. The van der Waals surface area contributed by atoms with Gasteiger partial charge < -0.3 is 20.3 Å². The number of aromatic nitrogens is 5. The summed E-state index contributed by atoms with van der Waals surface area (Å²) in [4.78, 5) is 18.9. The van der Waals surface area contributed by atoms with Crippen molar-refractivity contribution in [3.8, 4) is 28.0 Å². The van der Waals surface area contributed by atoms with Crippen molar-refractivity contribution < 1.29 is 9.53 Å². The third-order valence-corrected chi connectivity index (χ3v) is 9.78. The number of carbonyl (C=O) groups is 1. The molecule has 4 aromatic heterocycles. The van der Waals surface area contributed by atoms with Crippen LogP contribution in [0.1, 0.15) is 45.1 Å². The van der Waals surface area contributed by atoms with Gasteiger partial charge in [0.1, 0.15) is 6.07 Å². The molecule has 2 bridgehead atoms. The Balaban J connectivity index is 1.20. The predicted molar refractivity (Wildman–Crippen MR) is 160 cm³/mol. The summed E-state index contributed by atoms with van der Waals surface area (Å²) in [6.07, 6.45) is 7.72. The maximum Gasteiger partial charge on any atom is 0.217 e. The Labute approximate surface area is 247 Å². The fourth-order valence-electron chi connectivity index (χ4n) is 6.79. The van der Waals surface area contributed by atoms with E-state index in [1.54, 1.807) is 24.5 Å². The molecule has 4 aromatic rings. The fraction of sp³-hybridized carbons (Fsp3) is 0.467. The molecule has 2 aliphatic heterocycles. The maximum absolute atomic E-state index is 11.7. The zero-order valence-corrected chi connectivity index (χ0v) is 24.5. The van der Waals surface area contributed by atoms with Gasteiger partial charge in [-0.2, -0.15) is 10.4 Å². The molecule has 216 valence electrons. The molecule has 4 atom stereocenters. The Bertz CT molecular complexity index is 1660. The number of rotatable bonds is 6. The lowest BCUT2D eigenvalue weighted by molar-refractivity contribution is -0.120. The topological polar surface area (TPSA) is 133 Å². The van der Waals surface area contributed by atoms with E-state index in [-0.39, 0.29) is 24.1 Å². The van der Waals surface area contributed by atoms with E-state index in [2.05, 4.69) is 49.9 Å². The van der Waals surface area contributed by atoms with Crippen LogP contribution in [-0.2, 0) is 9.53 Å². The Hall–Kier alpha value is -4.08. The van der Waals surface area contributed by atoms with Crippen LogP contribution in [0.4, 0.5) is 10.8 Å². The number of nitriles is 1. The average molecular weight is 584 g/mol. The van der Waals surface area contributed by atoms with Crippen molar-refractivity contribution in [1.29, 1.82) is 5.26 Å². The van der Waals surface area contributed by atoms with E-state index in [0.29, 0.717) is 17.4 Å². The quantitative estimate of drug-likeness (QED) is 0.344. The van der Waals surface area contributed by atoms with Crippen LogP contribution in [0, 0.1) is 23.2 Å². The van der Waals surface area contributed by atoms with Crippen molar-refractivity contribution in [2.75, 3.05) is 29.9 Å². The Morgan fingerprint density at radius 1 is 1.14 bits per heavy atom. The third kappa shape index (κ3) is 5.07. The van der Waals surface area contributed by atoms with Gasteiger partial charge in [-0.25, -0.2) is 4.52 Å². The van der Waals surface area contributed by atoms with Gasteiger partial charge in [0.2, 0.25) is 11.0 Å². The second-order valence-corrected chi connectivity index (χ2v) is 12.6. The summed E-state index contributed by atoms with van der Waals surface area (Å²) in [6, 6.07) is 10.5. The molecule has 3 fully saturated rings. The van der Waals surface area contributed by atoms with Crippen LogP contribution in [0.25, 0.3) is 27.5 Å². The van der Waals surface area contributed by atoms with E-state index in [1.165, 1.54) is 0 Å². The molecule has 1 aliphatic carbocycles. The summed E-state index contributed by atoms with van der Waals surface area (Å²) in [5, 5.41) is 31.7. The number of fused-ring (bicyclic) bond motifs is 3. The smallest absolute Gasteiger partial charge is 0.217 e. The van der Waals surface area contributed by atoms with Gasteiger partial charge in [0.05, 0.1) is 40.3 Å². The molecule has 7 rings (SSSR count). The highest BCUT2D eigenvalue weighted by Gasteiger charge is 2.43. The van der Waals surface area contributed by atoms with E-state index >= 15 is 0 Å². The Morgan fingerprint density at radius 3 is 2.74 bits per heavy atom. The van der Waals surface area contributed by atoms with Crippen molar-refractivity contribution >= 4 is 33.6 Å². The number of carbonyl (C=O) groups excluding carboxylic acids is 1. The lowest BCUT2D eigenvalue weighted by Gasteiger charge is -2.37. The third-order valence-electron chi connectivity index (χ3n) is 8.76. The number of nitrogens with zero attached hydrogens (tertiary/aromatic N) is 7. The number of anilines is 2. The Kier molecular flexibility index (Phi) is 6.99. The lowest BCUT2D eigenvalue weighted by atomic mass is 9.92. The van der Waals surface area contributed by atoms with Crippen molar-refractivity contribution in [1.82, 2.24) is 30.1 Å². The molecular weight excluding hydrogens is 550 g/mol. The van der Waals surface area contributed by atoms with Crippen LogP contribution in [0.2, 0.25) is 0 Å². The summed E-state index contributed by atoms with van der Waals surface area (Å²) in [6.45, 7) is 6.19. The number of hydrogen-bond acceptors (Lipinski definition) is 10. The summed E-state index contributed by atoms with van der Waals surface area (Å²) in [5.41, 5.74) is 4.85. The minimum atomic E-state index is 0.0503. The molecular formula is C30H33N9O2S. The van der Waals surface area contributed by atoms with Crippen LogP contribution in [-0.4, -0.2) is 68.6 Å². The number of amides is 1. The molecule has 42 heavy (non-hydrogen) atoms. The van der Waals surface area contributed by atoms with Crippen LogP contribution in [0.5, 0.6) is 0 Å². The highest BCUT2D eigenvalue weighted by atomic mass is 32.1. The van der Waals surface area contributed by atoms with Crippen molar-refractivity contribution in [2.24, 2.45) is 11.8 Å². The largest absolute Gasteiger partial charge is 0.381 e. The van der Waals surface area contributed by atoms with Crippen LogP contribution in [0.3, 0.4) is 0 Å². The highest BCUT2D eigenvalue weighted by Crippen LogP contribution is 2.41. The van der Waals surface area contributed by atoms with Crippen molar-refractivity contribution in [3.63, 3.8) is 0 Å². The zero-order chi connectivity index (χ0) is 28.8. The molecule has 2 N–H and O–H groups in total. The normalized spacial score (nSPS) is 25.4. The minimum Gasteiger partial charge on any atom is -0.381 e. The second-order valence-electron chi connectivity index (χ2n) is 11.7. The number of hydrogen-bond donors (Lipinski definition) is 2. The van der Waals surface area contributed by atoms with Gasteiger partial charge in [0.15, 0.2) is 5.01 Å². The van der Waals surface area contributed by atoms with Crippen LogP contribution in [0.15, 0.2) is 36.7 Å². The first-order chi connectivity index (χ1) is 20.4. The second kappa shape index (κ2) is 11.0. The summed E-state index contributed by atoms with van der Waals surface area (Å²) < 4.78 is 7.61. The monoisotopic (exact) mass is 583 g/mol. The summed E-state index contributed by atoms with van der Waals surface area (Å²) >= 11 is 1.59. The van der Waals surface area contributed by atoms with Gasteiger partial charge in [-0.1, -0.05) is 11.3 Å². The van der Waals surface area contributed by atoms with Gasteiger partial charge in [-0.05, 0) is 68.7 Å². The number of nitrogens with one attached hydrogen (secondary N) is 2.